The summed E-state index contributed by atoms with van der Waals surface area (Å²) in [6, 6.07) is 1.78. The molecule has 0 spiro atoms. The van der Waals surface area contributed by atoms with Crippen LogP contribution in [-0.4, -0.2) is 41.3 Å². The summed E-state index contributed by atoms with van der Waals surface area (Å²) >= 11 is 6.90. The summed E-state index contributed by atoms with van der Waals surface area (Å²) in [5, 5.41) is 13.4. The normalized spacial score (nSPS) is 30.1. The number of carbonyl (C=O) groups excluding carboxylic acids is 1. The number of amides is 1. The average molecular weight is 460 g/mol. The number of nitrogens with zero attached hydrogens (tertiary/aromatic N) is 1. The van der Waals surface area contributed by atoms with Crippen molar-refractivity contribution in [3.8, 4) is 11.5 Å². The maximum Gasteiger partial charge on any atom is 0.280 e. The van der Waals surface area contributed by atoms with Crippen LogP contribution in [-0.2, 0) is 4.79 Å². The van der Waals surface area contributed by atoms with Gasteiger partial charge in [0.15, 0.2) is 0 Å². The minimum Gasteiger partial charge on any atom is -0.506 e. The van der Waals surface area contributed by atoms with Crippen molar-refractivity contribution in [3.05, 3.63) is 20.6 Å². The number of hydrogen-bond acceptors (Lipinski definition) is 4. The first-order valence-corrected chi connectivity index (χ1v) is 10.1. The molecule has 1 aromatic carbocycles. The molecule has 0 aliphatic carbocycles. The molecule has 0 saturated carbocycles. The second kappa shape index (κ2) is 6.18. The Morgan fingerprint density at radius 3 is 2.75 bits per heavy atom. The first kappa shape index (κ1) is 16.7. The molecule has 2 saturated heterocycles. The number of benzene rings is 1. The van der Waals surface area contributed by atoms with Crippen molar-refractivity contribution < 1.29 is 14.6 Å². The second-order valence-electron chi connectivity index (χ2n) is 6.73. The van der Waals surface area contributed by atoms with E-state index in [0.717, 1.165) is 44.3 Å². The van der Waals surface area contributed by atoms with E-state index in [2.05, 4.69) is 42.1 Å². The van der Waals surface area contributed by atoms with Gasteiger partial charge in [0.2, 0.25) is 5.72 Å². The van der Waals surface area contributed by atoms with E-state index in [9.17, 15) is 9.90 Å². The summed E-state index contributed by atoms with van der Waals surface area (Å²) in [6.07, 6.45) is 5.11. The van der Waals surface area contributed by atoms with Crippen molar-refractivity contribution in [2.75, 3.05) is 19.6 Å². The summed E-state index contributed by atoms with van der Waals surface area (Å²) in [6.45, 7) is 2.40. The lowest BCUT2D eigenvalue weighted by atomic mass is 9.84. The number of rotatable bonds is 1. The quantitative estimate of drug-likeness (QED) is 0.674. The van der Waals surface area contributed by atoms with Gasteiger partial charge in [-0.15, -0.1) is 0 Å². The molecule has 0 aromatic heterocycles. The van der Waals surface area contributed by atoms with Crippen LogP contribution < -0.4 is 10.1 Å². The molecule has 5 nitrogen and oxygen atoms in total. The third kappa shape index (κ3) is 2.31. The number of aromatic hydroxyl groups is 1. The maximum absolute atomic E-state index is 13.1. The number of halogens is 2. The van der Waals surface area contributed by atoms with Gasteiger partial charge < -0.3 is 15.2 Å². The standard InChI is InChI=1S/C17H20Br2N2O3/c18-11-9-12-13(14(19)15(11)22)10-5-4-6-20-16(23)17(10,24-12)21-7-2-1-3-8-21/h9-10,22H,1-8H2,(H,20,23)/t10-,17-/m1/s1. The van der Waals surface area contributed by atoms with Gasteiger partial charge in [-0.1, -0.05) is 6.42 Å². The van der Waals surface area contributed by atoms with Gasteiger partial charge in [-0.25, -0.2) is 0 Å². The topological polar surface area (TPSA) is 61.8 Å². The predicted octanol–water partition coefficient (Wildman–Crippen LogP) is 3.49. The van der Waals surface area contributed by atoms with E-state index in [-0.39, 0.29) is 17.6 Å². The second-order valence-corrected chi connectivity index (χ2v) is 8.38. The van der Waals surface area contributed by atoms with Crippen LogP contribution >= 0.6 is 31.9 Å². The average Bonchev–Trinajstić information content (AvgIpc) is 2.83. The molecule has 7 heteroatoms. The van der Waals surface area contributed by atoms with Crippen molar-refractivity contribution >= 4 is 37.8 Å². The number of phenolic OH excluding ortho intramolecular Hbond substituents is 1. The van der Waals surface area contributed by atoms with Crippen LogP contribution in [0.2, 0.25) is 0 Å². The Kier molecular flexibility index (Phi) is 4.29. The summed E-state index contributed by atoms with van der Waals surface area (Å²) in [5.41, 5.74) is -0.0760. The van der Waals surface area contributed by atoms with E-state index in [1.165, 1.54) is 6.42 Å². The molecule has 4 rings (SSSR count). The van der Waals surface area contributed by atoms with Gasteiger partial charge in [-0.05, 0) is 63.6 Å². The van der Waals surface area contributed by atoms with E-state index >= 15 is 0 Å². The van der Waals surface area contributed by atoms with Crippen LogP contribution in [0.4, 0.5) is 0 Å². The van der Waals surface area contributed by atoms with E-state index in [0.29, 0.717) is 21.2 Å². The highest BCUT2D eigenvalue weighted by atomic mass is 79.9. The number of likely N-dealkylation sites (tertiary alicyclic amines) is 1. The van der Waals surface area contributed by atoms with Gasteiger partial charge in [0.1, 0.15) is 11.5 Å². The molecule has 0 bridgehead atoms. The zero-order chi connectivity index (χ0) is 16.9. The highest BCUT2D eigenvalue weighted by Crippen LogP contribution is 2.56. The lowest BCUT2D eigenvalue weighted by Gasteiger charge is -2.43. The minimum absolute atomic E-state index is 0.0504. The lowest BCUT2D eigenvalue weighted by Crippen LogP contribution is -2.64. The van der Waals surface area contributed by atoms with Crippen molar-refractivity contribution in [2.45, 2.75) is 43.7 Å². The Bertz CT molecular complexity index is 691. The molecular weight excluding hydrogens is 440 g/mol. The van der Waals surface area contributed by atoms with Crippen LogP contribution in [0.3, 0.4) is 0 Å². The van der Waals surface area contributed by atoms with E-state index in [4.69, 9.17) is 4.74 Å². The molecule has 24 heavy (non-hydrogen) atoms. The first-order chi connectivity index (χ1) is 11.6. The van der Waals surface area contributed by atoms with Crippen LogP contribution in [0.25, 0.3) is 0 Å². The van der Waals surface area contributed by atoms with Gasteiger partial charge in [0, 0.05) is 25.2 Å². The van der Waals surface area contributed by atoms with Gasteiger partial charge in [0.05, 0.1) is 14.9 Å². The SMILES string of the molecule is O=C1NCCC[C@@H]2c3c(cc(Br)c(O)c3Br)O[C@@]12N1CCCCC1. The molecule has 1 aromatic rings. The Morgan fingerprint density at radius 2 is 2.00 bits per heavy atom. The maximum atomic E-state index is 13.1. The molecular formula is C17H20Br2N2O3. The number of nitrogens with one attached hydrogen (secondary N) is 1. The van der Waals surface area contributed by atoms with Crippen molar-refractivity contribution in [3.63, 3.8) is 0 Å². The first-order valence-electron chi connectivity index (χ1n) is 8.49. The Balaban J connectivity index is 1.88. The van der Waals surface area contributed by atoms with Crippen LogP contribution in [0.5, 0.6) is 11.5 Å². The van der Waals surface area contributed by atoms with Gasteiger partial charge in [0.25, 0.3) is 5.91 Å². The summed E-state index contributed by atoms with van der Waals surface area (Å²) in [4.78, 5) is 15.3. The minimum atomic E-state index is -0.991. The van der Waals surface area contributed by atoms with Gasteiger partial charge >= 0.3 is 0 Å². The fraction of sp³-hybridized carbons (Fsp3) is 0.588. The van der Waals surface area contributed by atoms with Crippen molar-refractivity contribution in [2.24, 2.45) is 0 Å². The lowest BCUT2D eigenvalue weighted by molar-refractivity contribution is -0.159. The molecule has 3 aliphatic rings. The molecule has 3 aliphatic heterocycles. The summed E-state index contributed by atoms with van der Waals surface area (Å²) in [7, 11) is 0. The van der Waals surface area contributed by atoms with E-state index in [1.807, 2.05) is 0 Å². The molecule has 2 fully saturated rings. The molecule has 2 N–H and O–H groups in total. The third-order valence-corrected chi connectivity index (χ3v) is 6.79. The third-order valence-electron chi connectivity index (χ3n) is 5.39. The number of carbonyl (C=O) groups is 1. The molecule has 1 amide bonds. The number of ether oxygens (including phenoxy) is 1. The predicted molar refractivity (Wildman–Crippen MR) is 97.3 cm³/mol. The zero-order valence-corrected chi connectivity index (χ0v) is 16.5. The summed E-state index contributed by atoms with van der Waals surface area (Å²) in [5.74, 6) is 0.711. The largest absolute Gasteiger partial charge is 0.506 e. The molecule has 3 heterocycles. The van der Waals surface area contributed by atoms with Gasteiger partial charge in [-0.2, -0.15) is 0 Å². The van der Waals surface area contributed by atoms with Crippen LogP contribution in [0, 0.1) is 0 Å². The van der Waals surface area contributed by atoms with Crippen LogP contribution in [0.15, 0.2) is 15.0 Å². The Hall–Kier alpha value is -0.790. The number of piperidine rings is 1. The Labute approximate surface area is 158 Å². The highest BCUT2D eigenvalue weighted by Gasteiger charge is 2.59. The number of hydrogen-bond donors (Lipinski definition) is 2. The number of fused-ring (bicyclic) bond motifs is 3. The smallest absolute Gasteiger partial charge is 0.280 e. The fourth-order valence-electron chi connectivity index (χ4n) is 4.28. The fourth-order valence-corrected chi connectivity index (χ4v) is 5.64. The van der Waals surface area contributed by atoms with E-state index < -0.39 is 5.72 Å². The highest BCUT2D eigenvalue weighted by molar-refractivity contribution is 9.11. The molecule has 2 atom stereocenters. The van der Waals surface area contributed by atoms with Gasteiger partial charge in [-0.3, -0.25) is 9.69 Å². The van der Waals surface area contributed by atoms with Crippen molar-refractivity contribution in [1.82, 2.24) is 10.2 Å². The van der Waals surface area contributed by atoms with E-state index in [1.54, 1.807) is 6.07 Å². The molecule has 0 radical (unpaired) electrons. The van der Waals surface area contributed by atoms with Crippen LogP contribution in [0.1, 0.15) is 43.6 Å². The molecule has 0 unspecified atom stereocenters. The monoisotopic (exact) mass is 458 g/mol. The molecule has 130 valence electrons. The number of phenols is 1. The zero-order valence-electron chi connectivity index (χ0n) is 13.3. The van der Waals surface area contributed by atoms with Crippen molar-refractivity contribution in [1.29, 1.82) is 0 Å². The Morgan fingerprint density at radius 1 is 1.25 bits per heavy atom. The summed E-state index contributed by atoms with van der Waals surface area (Å²) < 4.78 is 7.59.